The normalized spacial score (nSPS) is 22.2. The summed E-state index contributed by atoms with van der Waals surface area (Å²) in [5.74, 6) is -0.863. The van der Waals surface area contributed by atoms with Gasteiger partial charge in [0.2, 0.25) is 5.95 Å². The van der Waals surface area contributed by atoms with E-state index in [1.54, 1.807) is 19.1 Å². The molecule has 1 unspecified atom stereocenters. The summed E-state index contributed by atoms with van der Waals surface area (Å²) in [5.41, 5.74) is 3.33. The van der Waals surface area contributed by atoms with Gasteiger partial charge in [-0.1, -0.05) is 6.92 Å². The van der Waals surface area contributed by atoms with Gasteiger partial charge in [0.15, 0.2) is 0 Å². The van der Waals surface area contributed by atoms with E-state index < -0.39 is 5.95 Å². The minimum absolute atomic E-state index is 0.250. The van der Waals surface area contributed by atoms with Crippen LogP contribution in [0, 0.1) is 24.1 Å². The fourth-order valence-corrected chi connectivity index (χ4v) is 5.89. The Kier molecular flexibility index (Phi) is 7.42. The molecular formula is C25H33F2N5O2. The van der Waals surface area contributed by atoms with Gasteiger partial charge < -0.3 is 14.9 Å². The van der Waals surface area contributed by atoms with Crippen LogP contribution >= 0.6 is 0 Å². The number of carboxylic acid groups (broad SMARTS) is 1. The number of anilines is 1. The first-order chi connectivity index (χ1) is 16.4. The van der Waals surface area contributed by atoms with Gasteiger partial charge in [-0.25, -0.2) is 9.37 Å². The maximum absolute atomic E-state index is 14.1. The van der Waals surface area contributed by atoms with Crippen LogP contribution in [-0.4, -0.2) is 83.2 Å². The Bertz CT molecular complexity index is 1010. The number of pyridine rings is 2. The zero-order valence-corrected chi connectivity index (χ0v) is 19.9. The highest BCUT2D eigenvalue weighted by Crippen LogP contribution is 2.47. The van der Waals surface area contributed by atoms with Gasteiger partial charge in [0, 0.05) is 56.9 Å². The average Bonchev–Trinajstić information content (AvgIpc) is 3.25. The first kappa shape index (κ1) is 24.5. The molecule has 34 heavy (non-hydrogen) atoms. The Morgan fingerprint density at radius 1 is 1.21 bits per heavy atom. The van der Waals surface area contributed by atoms with Crippen LogP contribution in [0.5, 0.6) is 0 Å². The number of aromatic nitrogens is 2. The van der Waals surface area contributed by atoms with E-state index in [-0.39, 0.29) is 12.3 Å². The standard InChI is InChI=1S/C24H31F2N5.CH2O2/c1-3-29-15-24(16-29)7-6-19(13-24)30-8-10-31(11-9-30)21-12-18(25)14-27-23(21)20-4-5-22(26)28-17(20)2;2-1-3/h4-5,12,14,19H,3,6-11,13,15-16H2,1-2H3;1H,(H,2,3). The number of carbonyl (C=O) groups is 1. The van der Waals surface area contributed by atoms with Crippen molar-refractivity contribution < 1.29 is 18.7 Å². The largest absolute Gasteiger partial charge is 0.483 e. The third-order valence-corrected chi connectivity index (χ3v) is 7.55. The number of piperazine rings is 1. The van der Waals surface area contributed by atoms with Crippen molar-refractivity contribution >= 4 is 12.2 Å². The van der Waals surface area contributed by atoms with E-state index in [9.17, 15) is 8.78 Å². The van der Waals surface area contributed by atoms with Gasteiger partial charge in [-0.2, -0.15) is 4.39 Å². The van der Waals surface area contributed by atoms with Crippen LogP contribution < -0.4 is 4.90 Å². The molecule has 0 radical (unpaired) electrons. The van der Waals surface area contributed by atoms with Crippen molar-refractivity contribution in [3.05, 3.63) is 41.9 Å². The highest BCUT2D eigenvalue weighted by atomic mass is 19.1. The molecule has 1 saturated carbocycles. The second kappa shape index (κ2) is 10.3. The van der Waals surface area contributed by atoms with Crippen LogP contribution in [0.25, 0.3) is 11.3 Å². The minimum atomic E-state index is -0.513. The first-order valence-corrected chi connectivity index (χ1v) is 12.0. The molecule has 1 N–H and O–H groups in total. The first-order valence-electron chi connectivity index (χ1n) is 12.0. The molecule has 1 spiro atoms. The van der Waals surface area contributed by atoms with Crippen molar-refractivity contribution in [1.82, 2.24) is 19.8 Å². The topological polar surface area (TPSA) is 72.8 Å². The van der Waals surface area contributed by atoms with Crippen molar-refractivity contribution in [2.24, 2.45) is 5.41 Å². The molecule has 5 rings (SSSR count). The Hall–Kier alpha value is -2.65. The molecular weight excluding hydrogens is 440 g/mol. The van der Waals surface area contributed by atoms with Gasteiger partial charge in [-0.3, -0.25) is 14.7 Å². The second-order valence-electron chi connectivity index (χ2n) is 9.62. The predicted octanol–water partition coefficient (Wildman–Crippen LogP) is 3.43. The second-order valence-corrected chi connectivity index (χ2v) is 9.62. The molecule has 7 nitrogen and oxygen atoms in total. The SMILES string of the molecule is CCN1CC2(CCC(N3CCN(c4cc(F)cnc4-c4ccc(F)nc4C)CC3)C2)C1.O=CO. The number of hydrogen-bond donors (Lipinski definition) is 1. The molecule has 4 heterocycles. The van der Waals surface area contributed by atoms with Crippen molar-refractivity contribution in [3.8, 4) is 11.3 Å². The Morgan fingerprint density at radius 3 is 2.56 bits per heavy atom. The van der Waals surface area contributed by atoms with Crippen LogP contribution in [-0.2, 0) is 4.79 Å². The summed E-state index contributed by atoms with van der Waals surface area (Å²) < 4.78 is 27.6. The van der Waals surface area contributed by atoms with Crippen molar-refractivity contribution in [1.29, 1.82) is 0 Å². The molecule has 1 atom stereocenters. The third-order valence-electron chi connectivity index (χ3n) is 7.55. The van der Waals surface area contributed by atoms with Gasteiger partial charge in [0.1, 0.15) is 5.82 Å². The fourth-order valence-electron chi connectivity index (χ4n) is 5.89. The lowest BCUT2D eigenvalue weighted by atomic mass is 9.78. The highest BCUT2D eigenvalue weighted by molar-refractivity contribution is 5.76. The number of nitrogens with zero attached hydrogens (tertiary/aromatic N) is 5. The lowest BCUT2D eigenvalue weighted by Crippen LogP contribution is -2.56. The van der Waals surface area contributed by atoms with E-state index in [0.29, 0.717) is 22.8 Å². The predicted molar refractivity (Wildman–Crippen MR) is 127 cm³/mol. The van der Waals surface area contributed by atoms with Gasteiger partial charge in [-0.15, -0.1) is 0 Å². The van der Waals surface area contributed by atoms with Crippen LogP contribution in [0.4, 0.5) is 14.5 Å². The van der Waals surface area contributed by atoms with E-state index >= 15 is 0 Å². The van der Waals surface area contributed by atoms with Crippen molar-refractivity contribution in [2.75, 3.05) is 50.7 Å². The maximum Gasteiger partial charge on any atom is 0.290 e. The van der Waals surface area contributed by atoms with E-state index in [2.05, 4.69) is 31.6 Å². The highest BCUT2D eigenvalue weighted by Gasteiger charge is 2.48. The van der Waals surface area contributed by atoms with Crippen LogP contribution in [0.15, 0.2) is 24.4 Å². The van der Waals surface area contributed by atoms with Crippen LogP contribution in [0.2, 0.25) is 0 Å². The van der Waals surface area contributed by atoms with Gasteiger partial charge in [0.25, 0.3) is 6.47 Å². The summed E-state index contributed by atoms with van der Waals surface area (Å²) in [6.45, 7) is 11.1. The molecule has 0 bridgehead atoms. The van der Waals surface area contributed by atoms with Gasteiger partial charge in [0.05, 0.1) is 23.3 Å². The molecule has 1 aliphatic carbocycles. The lowest BCUT2D eigenvalue weighted by Gasteiger charge is -2.49. The number of hydrogen-bond acceptors (Lipinski definition) is 6. The fraction of sp³-hybridized carbons (Fsp3) is 0.560. The van der Waals surface area contributed by atoms with E-state index in [4.69, 9.17) is 9.90 Å². The van der Waals surface area contributed by atoms with Crippen LogP contribution in [0.1, 0.15) is 31.9 Å². The quantitative estimate of drug-likeness (QED) is 0.539. The number of halogens is 2. The molecule has 2 saturated heterocycles. The third kappa shape index (κ3) is 5.05. The summed E-state index contributed by atoms with van der Waals surface area (Å²) in [5, 5.41) is 6.89. The monoisotopic (exact) mass is 473 g/mol. The Labute approximate surface area is 199 Å². The van der Waals surface area contributed by atoms with Gasteiger partial charge in [-0.05, 0) is 50.3 Å². The summed E-state index contributed by atoms with van der Waals surface area (Å²) in [7, 11) is 0. The molecule has 2 aromatic rings. The molecule has 2 aromatic heterocycles. The van der Waals surface area contributed by atoms with Crippen LogP contribution in [0.3, 0.4) is 0 Å². The zero-order valence-electron chi connectivity index (χ0n) is 19.9. The number of rotatable bonds is 4. The summed E-state index contributed by atoms with van der Waals surface area (Å²) in [6.07, 6.45) is 5.19. The molecule has 2 aliphatic heterocycles. The summed E-state index contributed by atoms with van der Waals surface area (Å²) >= 11 is 0. The summed E-state index contributed by atoms with van der Waals surface area (Å²) in [6, 6.07) is 5.26. The van der Waals surface area contributed by atoms with E-state index in [1.165, 1.54) is 44.6 Å². The molecule has 184 valence electrons. The number of aryl methyl sites for hydroxylation is 1. The van der Waals surface area contributed by atoms with E-state index in [0.717, 1.165) is 44.0 Å². The maximum atomic E-state index is 14.1. The average molecular weight is 474 g/mol. The molecule has 9 heteroatoms. The molecule has 3 fully saturated rings. The molecule has 3 aliphatic rings. The number of likely N-dealkylation sites (tertiary alicyclic amines) is 1. The van der Waals surface area contributed by atoms with Gasteiger partial charge >= 0.3 is 0 Å². The van der Waals surface area contributed by atoms with Crippen molar-refractivity contribution in [2.45, 2.75) is 39.2 Å². The zero-order chi connectivity index (χ0) is 24.3. The smallest absolute Gasteiger partial charge is 0.290 e. The van der Waals surface area contributed by atoms with Crippen molar-refractivity contribution in [3.63, 3.8) is 0 Å². The minimum Gasteiger partial charge on any atom is -0.483 e. The Balaban J connectivity index is 0.000000868. The Morgan fingerprint density at radius 2 is 1.91 bits per heavy atom. The van der Waals surface area contributed by atoms with E-state index in [1.807, 2.05) is 0 Å². The molecule has 0 amide bonds. The lowest BCUT2D eigenvalue weighted by molar-refractivity contribution is -0.122. The molecule has 0 aromatic carbocycles. The summed E-state index contributed by atoms with van der Waals surface area (Å²) in [4.78, 5) is 24.1.